The first-order valence-electron chi connectivity index (χ1n) is 19.8. The van der Waals surface area contributed by atoms with Crippen LogP contribution < -0.4 is 15.4 Å². The highest BCUT2D eigenvalue weighted by molar-refractivity contribution is 6.23. The van der Waals surface area contributed by atoms with E-state index in [1.165, 1.54) is 30.3 Å². The number of primary amides is 1. The van der Waals surface area contributed by atoms with Gasteiger partial charge in [-0.15, -0.1) is 0 Å². The minimum absolute atomic E-state index is 0.00817. The van der Waals surface area contributed by atoms with Crippen LogP contribution in [0.5, 0.6) is 5.75 Å². The Kier molecular flexibility index (Phi) is 11.5. The summed E-state index contributed by atoms with van der Waals surface area (Å²) in [5.41, 5.74) is 6.93. The van der Waals surface area contributed by atoms with Gasteiger partial charge in [-0.05, 0) is 70.3 Å². The number of aliphatic hydroxyl groups excluding tert-OH is 2. The van der Waals surface area contributed by atoms with Crippen LogP contribution in [0.2, 0.25) is 0 Å². The lowest BCUT2D eigenvalue weighted by Gasteiger charge is -2.46. The van der Waals surface area contributed by atoms with Gasteiger partial charge in [-0.3, -0.25) is 29.4 Å². The van der Waals surface area contributed by atoms with Crippen molar-refractivity contribution in [3.8, 4) is 17.6 Å². The Morgan fingerprint density at radius 3 is 2.15 bits per heavy atom. The summed E-state index contributed by atoms with van der Waals surface area (Å²) in [6, 6.07) is 31.6. The number of cyclic esters (lactones) is 1. The number of nitro groups is 1. The lowest BCUT2D eigenvalue weighted by molar-refractivity contribution is -0.384. The first-order chi connectivity index (χ1) is 30.1. The van der Waals surface area contributed by atoms with Gasteiger partial charge in [0, 0.05) is 24.1 Å². The molecule has 0 aliphatic carbocycles. The van der Waals surface area contributed by atoms with Gasteiger partial charge >= 0.3 is 12.1 Å². The number of esters is 1. The predicted octanol–water partition coefficient (Wildman–Crippen LogP) is 5.19. The number of non-ortho nitro benzene ring substituents is 1. The highest BCUT2D eigenvalue weighted by atomic mass is 16.6. The number of hydrogen-bond acceptors (Lipinski definition) is 12. The molecule has 1 spiro atoms. The monoisotopic (exact) mass is 836 g/mol. The Labute approximate surface area is 355 Å². The molecule has 5 aromatic carbocycles. The molecular weight excluding hydrogens is 797 g/mol. The molecule has 4 N–H and O–H groups in total. The van der Waals surface area contributed by atoms with Gasteiger partial charge in [0.1, 0.15) is 36.5 Å². The Bertz CT molecular complexity index is 2580. The van der Waals surface area contributed by atoms with Crippen molar-refractivity contribution in [3.05, 3.63) is 171 Å². The fourth-order valence-electron chi connectivity index (χ4n) is 9.05. The van der Waals surface area contributed by atoms with Gasteiger partial charge in [0.25, 0.3) is 5.69 Å². The van der Waals surface area contributed by atoms with E-state index in [2.05, 4.69) is 11.8 Å². The number of ether oxygens (including phenoxy) is 3. The Hall–Kier alpha value is -7.38. The van der Waals surface area contributed by atoms with Crippen molar-refractivity contribution in [2.24, 2.45) is 11.7 Å². The van der Waals surface area contributed by atoms with E-state index in [4.69, 9.17) is 19.9 Å². The number of morpholine rings is 1. The maximum Gasteiger partial charge on any atom is 0.421 e. The second kappa shape index (κ2) is 17.3. The molecule has 15 heteroatoms. The third-order valence-electron chi connectivity index (χ3n) is 11.5. The zero-order valence-electron chi connectivity index (χ0n) is 33.0. The number of nitro benzene ring substituents is 1. The summed E-state index contributed by atoms with van der Waals surface area (Å²) < 4.78 is 17.8. The molecule has 2 fully saturated rings. The number of anilines is 1. The summed E-state index contributed by atoms with van der Waals surface area (Å²) >= 11 is 0. The molecule has 15 nitrogen and oxygen atoms in total. The summed E-state index contributed by atoms with van der Waals surface area (Å²) in [6.45, 7) is -0.813. The number of fused-ring (bicyclic) bond motifs is 3. The lowest BCUT2D eigenvalue weighted by atomic mass is 9.65. The van der Waals surface area contributed by atoms with Crippen LogP contribution in [0.4, 0.5) is 16.2 Å². The average molecular weight is 837 g/mol. The molecule has 3 aliphatic heterocycles. The second-order valence-corrected chi connectivity index (χ2v) is 14.9. The molecular formula is C47H40N4O11. The molecule has 0 saturated carbocycles. The van der Waals surface area contributed by atoms with Gasteiger partial charge in [-0.25, -0.2) is 9.69 Å². The second-order valence-electron chi connectivity index (χ2n) is 14.9. The van der Waals surface area contributed by atoms with Crippen LogP contribution >= 0.6 is 0 Å². The van der Waals surface area contributed by atoms with E-state index in [0.29, 0.717) is 33.6 Å². The van der Waals surface area contributed by atoms with E-state index in [9.17, 15) is 34.7 Å². The molecule has 0 aromatic heterocycles. The van der Waals surface area contributed by atoms with Crippen LogP contribution in [0.1, 0.15) is 58.0 Å². The Morgan fingerprint density at radius 2 is 1.52 bits per heavy atom. The number of nitrogens with zero attached hydrogens (tertiary/aromatic N) is 3. The molecule has 0 bridgehead atoms. The maximum absolute atomic E-state index is 15.9. The van der Waals surface area contributed by atoms with Crippen LogP contribution in [0.15, 0.2) is 127 Å². The zero-order chi connectivity index (χ0) is 43.5. The van der Waals surface area contributed by atoms with Crippen molar-refractivity contribution in [3.63, 3.8) is 0 Å². The predicted molar refractivity (Wildman–Crippen MR) is 222 cm³/mol. The molecule has 3 amide bonds. The van der Waals surface area contributed by atoms with E-state index >= 15 is 4.79 Å². The Morgan fingerprint density at radius 1 is 0.839 bits per heavy atom. The third-order valence-corrected chi connectivity index (χ3v) is 11.5. The van der Waals surface area contributed by atoms with Gasteiger partial charge in [0.15, 0.2) is 0 Å². The molecule has 2 saturated heterocycles. The van der Waals surface area contributed by atoms with Gasteiger partial charge < -0.3 is 30.2 Å². The standard InChI is InChI=1S/C47H40N4O11/c48-43(54)38-40-44(55)62-41(32-12-5-2-6-13-32)39(31-10-3-1-4-11-31)50(40)42(33-17-21-35(22-18-33)60-26-25-53)47(38)36-27-29(9-7-8-24-52)16-23-37(36)49(45(47)56)46(57)61-28-30-14-19-34(20-15-30)51(58)59/h1-6,10-23,27,38-42,52-53H,8,24-26,28H2,(H2,48,54)/t38-,39-,40-,41+,42+,47-/m0/s1. The van der Waals surface area contributed by atoms with Crippen LogP contribution in [0, 0.1) is 27.9 Å². The minimum atomic E-state index is -2.11. The topological polar surface area (TPSA) is 212 Å². The number of rotatable bonds is 11. The van der Waals surface area contributed by atoms with Crippen molar-refractivity contribution in [2.45, 2.75) is 42.7 Å². The maximum atomic E-state index is 15.9. The number of carbonyl (C=O) groups is 4. The van der Waals surface area contributed by atoms with Crippen LogP contribution in [-0.4, -0.2) is 69.8 Å². The third kappa shape index (κ3) is 7.19. The number of imide groups is 1. The van der Waals surface area contributed by atoms with Gasteiger partial charge in [0.2, 0.25) is 11.8 Å². The number of nitrogens with two attached hydrogens (primary N) is 1. The SMILES string of the molecule is NC(=O)[C@@H]1[C@H]2C(=O)O[C@H](c3ccccc3)[C@H](c3ccccc3)N2[C@H](c2ccc(OCCO)cc2)[C@@]12C(=O)N(C(=O)OCc1ccc([N+](=O)[O-])cc1)c1ccc(C#CCCO)cc12. The molecule has 3 heterocycles. The summed E-state index contributed by atoms with van der Waals surface area (Å²) in [5, 5.41) is 30.2. The molecule has 0 radical (unpaired) electrons. The molecule has 314 valence electrons. The minimum Gasteiger partial charge on any atom is -0.491 e. The normalized spacial score (nSPS) is 22.5. The first-order valence-corrected chi connectivity index (χ1v) is 19.8. The van der Waals surface area contributed by atoms with Crippen LogP contribution in [-0.2, 0) is 35.9 Å². The number of carbonyl (C=O) groups excluding carboxylic acids is 4. The summed E-state index contributed by atoms with van der Waals surface area (Å²) in [5.74, 6) is 1.91. The average Bonchev–Trinajstić information content (AvgIpc) is 3.75. The largest absolute Gasteiger partial charge is 0.491 e. The highest BCUT2D eigenvalue weighted by Gasteiger charge is 2.75. The molecule has 6 atom stereocenters. The van der Waals surface area contributed by atoms with Crippen molar-refractivity contribution in [2.75, 3.05) is 24.7 Å². The van der Waals surface area contributed by atoms with Crippen molar-refractivity contribution in [1.29, 1.82) is 0 Å². The molecule has 8 rings (SSSR count). The van der Waals surface area contributed by atoms with Crippen molar-refractivity contribution >= 4 is 35.3 Å². The number of hydrogen-bond donors (Lipinski definition) is 3. The number of aliphatic hydroxyl groups is 2. The van der Waals surface area contributed by atoms with E-state index in [1.807, 2.05) is 65.6 Å². The molecule has 62 heavy (non-hydrogen) atoms. The smallest absolute Gasteiger partial charge is 0.421 e. The summed E-state index contributed by atoms with van der Waals surface area (Å²) in [6.07, 6.45) is -1.93. The van der Waals surface area contributed by atoms with Crippen LogP contribution in [0.3, 0.4) is 0 Å². The van der Waals surface area contributed by atoms with E-state index < -0.39 is 64.4 Å². The van der Waals surface area contributed by atoms with Crippen molar-refractivity contribution < 1.29 is 48.5 Å². The fraction of sp³-hybridized carbons (Fsp3) is 0.234. The van der Waals surface area contributed by atoms with Gasteiger partial charge in [0.05, 0.1) is 41.8 Å². The lowest BCUT2D eigenvalue weighted by Crippen LogP contribution is -2.55. The molecule has 3 aliphatic rings. The highest BCUT2D eigenvalue weighted by Crippen LogP contribution is 2.65. The quantitative estimate of drug-likeness (QED) is 0.0680. The molecule has 0 unspecified atom stereocenters. The van der Waals surface area contributed by atoms with Crippen LogP contribution in [0.25, 0.3) is 0 Å². The van der Waals surface area contributed by atoms with Crippen molar-refractivity contribution in [1.82, 2.24) is 4.90 Å². The van der Waals surface area contributed by atoms with E-state index in [1.54, 1.807) is 36.4 Å². The first kappa shape index (κ1) is 41.4. The summed E-state index contributed by atoms with van der Waals surface area (Å²) in [4.78, 5) is 72.9. The van der Waals surface area contributed by atoms with E-state index in [-0.39, 0.29) is 49.8 Å². The van der Waals surface area contributed by atoms with E-state index in [0.717, 1.165) is 4.90 Å². The number of amides is 3. The molecule has 5 aromatic rings. The number of benzene rings is 5. The van der Waals surface area contributed by atoms with Gasteiger partial charge in [-0.2, -0.15) is 0 Å². The zero-order valence-corrected chi connectivity index (χ0v) is 33.0. The Balaban J connectivity index is 1.37. The fourth-order valence-corrected chi connectivity index (χ4v) is 9.05. The summed E-state index contributed by atoms with van der Waals surface area (Å²) in [7, 11) is 0. The van der Waals surface area contributed by atoms with Gasteiger partial charge in [-0.1, -0.05) is 84.6 Å².